The number of urea groups is 1. The van der Waals surface area contributed by atoms with Crippen LogP contribution in [0.25, 0.3) is 0 Å². The summed E-state index contributed by atoms with van der Waals surface area (Å²) < 4.78 is 0. The number of carbonyl (C=O) groups is 1. The number of carbonyl (C=O) groups excluding carboxylic acids is 1. The number of rotatable bonds is 5. The first-order chi connectivity index (χ1) is 11.0. The van der Waals surface area contributed by atoms with Crippen LogP contribution < -0.4 is 10.6 Å². The van der Waals surface area contributed by atoms with Crippen molar-refractivity contribution in [1.29, 1.82) is 0 Å². The maximum Gasteiger partial charge on any atom is 0.315 e. The van der Waals surface area contributed by atoms with Crippen LogP contribution in [-0.4, -0.2) is 53.4 Å². The highest BCUT2D eigenvalue weighted by atomic mass is 16.3. The summed E-state index contributed by atoms with van der Waals surface area (Å²) in [6.07, 6.45) is 7.32. The van der Waals surface area contributed by atoms with Crippen LogP contribution in [0.3, 0.4) is 0 Å². The zero-order chi connectivity index (χ0) is 16.8. The molecular weight excluding hydrogens is 290 g/mol. The quantitative estimate of drug-likeness (QED) is 0.727. The van der Waals surface area contributed by atoms with E-state index in [4.69, 9.17) is 0 Å². The molecule has 5 heteroatoms. The summed E-state index contributed by atoms with van der Waals surface area (Å²) in [5, 5.41) is 16.4. The number of aliphatic hydroxyl groups excluding tert-OH is 1. The summed E-state index contributed by atoms with van der Waals surface area (Å²) in [6.45, 7) is 8.34. The van der Waals surface area contributed by atoms with Crippen molar-refractivity contribution in [3.63, 3.8) is 0 Å². The zero-order valence-electron chi connectivity index (χ0n) is 15.1. The van der Waals surface area contributed by atoms with Crippen LogP contribution in [0.4, 0.5) is 4.79 Å². The molecule has 0 spiro atoms. The monoisotopic (exact) mass is 325 g/mol. The van der Waals surface area contributed by atoms with E-state index in [0.717, 1.165) is 51.6 Å². The predicted molar refractivity (Wildman–Crippen MR) is 93.4 cm³/mol. The van der Waals surface area contributed by atoms with Crippen molar-refractivity contribution < 1.29 is 9.90 Å². The highest BCUT2D eigenvalue weighted by Gasteiger charge is 2.31. The first-order valence-corrected chi connectivity index (χ1v) is 9.50. The number of piperidine rings is 1. The highest BCUT2D eigenvalue weighted by Crippen LogP contribution is 2.25. The second-order valence-corrected chi connectivity index (χ2v) is 7.52. The Bertz CT molecular complexity index is 369. The third kappa shape index (κ3) is 5.35. The molecule has 3 N–H and O–H groups in total. The predicted octanol–water partition coefficient (Wildman–Crippen LogP) is 2.49. The van der Waals surface area contributed by atoms with Crippen LogP contribution in [0.1, 0.15) is 65.7 Å². The van der Waals surface area contributed by atoms with Crippen molar-refractivity contribution in [2.24, 2.45) is 5.92 Å². The molecule has 5 nitrogen and oxygen atoms in total. The van der Waals surface area contributed by atoms with Gasteiger partial charge in [0.15, 0.2) is 0 Å². The molecule has 2 fully saturated rings. The molecule has 134 valence electrons. The van der Waals surface area contributed by atoms with Crippen molar-refractivity contribution in [2.75, 3.05) is 13.1 Å². The Kier molecular flexibility index (Phi) is 7.15. The lowest BCUT2D eigenvalue weighted by atomic mass is 9.89. The minimum absolute atomic E-state index is 0.0334. The maximum atomic E-state index is 12.1. The Morgan fingerprint density at radius 3 is 2.43 bits per heavy atom. The van der Waals surface area contributed by atoms with Crippen molar-refractivity contribution in [3.05, 3.63) is 0 Å². The first-order valence-electron chi connectivity index (χ1n) is 9.50. The van der Waals surface area contributed by atoms with Gasteiger partial charge in [0.2, 0.25) is 0 Å². The van der Waals surface area contributed by atoms with Gasteiger partial charge in [-0.05, 0) is 38.5 Å². The smallest absolute Gasteiger partial charge is 0.315 e. The van der Waals surface area contributed by atoms with Gasteiger partial charge in [-0.1, -0.05) is 33.1 Å². The van der Waals surface area contributed by atoms with E-state index >= 15 is 0 Å². The molecule has 2 aliphatic rings. The third-order valence-corrected chi connectivity index (χ3v) is 5.88. The largest absolute Gasteiger partial charge is 0.391 e. The minimum Gasteiger partial charge on any atom is -0.391 e. The van der Waals surface area contributed by atoms with Gasteiger partial charge in [-0.3, -0.25) is 4.90 Å². The van der Waals surface area contributed by atoms with E-state index in [1.807, 2.05) is 0 Å². The van der Waals surface area contributed by atoms with Gasteiger partial charge < -0.3 is 15.7 Å². The topological polar surface area (TPSA) is 64.6 Å². The fourth-order valence-electron chi connectivity index (χ4n) is 3.82. The van der Waals surface area contributed by atoms with Gasteiger partial charge in [0.25, 0.3) is 0 Å². The fourth-order valence-corrected chi connectivity index (χ4v) is 3.82. The molecule has 1 saturated carbocycles. The number of nitrogens with one attached hydrogen (secondary N) is 2. The number of nitrogens with zero attached hydrogens (tertiary/aromatic N) is 1. The average Bonchev–Trinajstić information content (AvgIpc) is 2.55. The molecule has 0 bridgehead atoms. The maximum absolute atomic E-state index is 12.1. The second kappa shape index (κ2) is 8.88. The van der Waals surface area contributed by atoms with Gasteiger partial charge in [0, 0.05) is 31.2 Å². The first kappa shape index (κ1) is 18.5. The molecule has 4 unspecified atom stereocenters. The molecule has 1 heterocycles. The normalized spacial score (nSPS) is 29.7. The summed E-state index contributed by atoms with van der Waals surface area (Å²) >= 11 is 0. The highest BCUT2D eigenvalue weighted by molar-refractivity contribution is 5.74. The molecule has 4 atom stereocenters. The number of hydrogen-bond acceptors (Lipinski definition) is 3. The Morgan fingerprint density at radius 2 is 1.83 bits per heavy atom. The molecule has 1 saturated heterocycles. The Labute approximate surface area is 141 Å². The van der Waals surface area contributed by atoms with Gasteiger partial charge in [0.1, 0.15) is 0 Å². The van der Waals surface area contributed by atoms with E-state index < -0.39 is 0 Å². The van der Waals surface area contributed by atoms with E-state index in [0.29, 0.717) is 12.0 Å². The van der Waals surface area contributed by atoms with Gasteiger partial charge in [-0.15, -0.1) is 0 Å². The summed E-state index contributed by atoms with van der Waals surface area (Å²) in [5.41, 5.74) is 0. The van der Waals surface area contributed by atoms with Gasteiger partial charge >= 0.3 is 6.03 Å². The SMILES string of the molecule is CCC(C)C(C)NC(=O)NC1CCN(C2CCCCC2O)CC1. The molecule has 0 aromatic rings. The lowest BCUT2D eigenvalue weighted by Gasteiger charge is -2.41. The van der Waals surface area contributed by atoms with Crippen LogP contribution in [0.15, 0.2) is 0 Å². The molecule has 2 rings (SSSR count). The van der Waals surface area contributed by atoms with Crippen LogP contribution in [0.5, 0.6) is 0 Å². The zero-order valence-corrected chi connectivity index (χ0v) is 15.1. The minimum atomic E-state index is -0.159. The van der Waals surface area contributed by atoms with E-state index in [-0.39, 0.29) is 24.2 Å². The molecule has 0 aromatic heterocycles. The molecule has 2 amide bonds. The van der Waals surface area contributed by atoms with Crippen molar-refractivity contribution in [3.8, 4) is 0 Å². The Morgan fingerprint density at radius 1 is 1.17 bits per heavy atom. The summed E-state index contributed by atoms with van der Waals surface area (Å²) in [5.74, 6) is 0.496. The lowest BCUT2D eigenvalue weighted by Crippen LogP contribution is -2.54. The van der Waals surface area contributed by atoms with Crippen LogP contribution in [-0.2, 0) is 0 Å². The van der Waals surface area contributed by atoms with E-state index in [9.17, 15) is 9.90 Å². The molecular formula is C18H35N3O2. The van der Waals surface area contributed by atoms with E-state index in [2.05, 4.69) is 36.3 Å². The molecule has 1 aliphatic carbocycles. The Hall–Kier alpha value is -0.810. The van der Waals surface area contributed by atoms with Crippen LogP contribution in [0.2, 0.25) is 0 Å². The van der Waals surface area contributed by atoms with Crippen LogP contribution >= 0.6 is 0 Å². The molecule has 0 aromatic carbocycles. The van der Waals surface area contributed by atoms with Crippen molar-refractivity contribution >= 4 is 6.03 Å². The third-order valence-electron chi connectivity index (χ3n) is 5.88. The summed E-state index contributed by atoms with van der Waals surface area (Å²) in [4.78, 5) is 14.5. The second-order valence-electron chi connectivity index (χ2n) is 7.52. The molecule has 23 heavy (non-hydrogen) atoms. The van der Waals surface area contributed by atoms with Gasteiger partial charge in [-0.2, -0.15) is 0 Å². The molecule has 0 radical (unpaired) electrons. The summed E-state index contributed by atoms with van der Waals surface area (Å²) in [7, 11) is 0. The number of hydrogen-bond donors (Lipinski definition) is 3. The van der Waals surface area contributed by atoms with Gasteiger partial charge in [0.05, 0.1) is 6.10 Å². The van der Waals surface area contributed by atoms with Crippen molar-refractivity contribution in [2.45, 2.75) is 89.9 Å². The van der Waals surface area contributed by atoms with E-state index in [1.165, 1.54) is 6.42 Å². The lowest BCUT2D eigenvalue weighted by molar-refractivity contribution is 0.00775. The molecule has 1 aliphatic heterocycles. The number of aliphatic hydroxyl groups is 1. The Balaban J connectivity index is 1.71. The fraction of sp³-hybridized carbons (Fsp3) is 0.944. The number of likely N-dealkylation sites (tertiary alicyclic amines) is 1. The van der Waals surface area contributed by atoms with Crippen molar-refractivity contribution in [1.82, 2.24) is 15.5 Å². The van der Waals surface area contributed by atoms with Gasteiger partial charge in [-0.25, -0.2) is 4.79 Å². The summed E-state index contributed by atoms with van der Waals surface area (Å²) in [6, 6.07) is 0.770. The van der Waals surface area contributed by atoms with Crippen LogP contribution in [0, 0.1) is 5.92 Å². The standard InChI is InChI=1S/C18H35N3O2/c1-4-13(2)14(3)19-18(23)20-15-9-11-21(12-10-15)16-7-5-6-8-17(16)22/h13-17,22H,4-12H2,1-3H3,(H2,19,20,23). The average molecular weight is 325 g/mol. The van der Waals surface area contributed by atoms with E-state index in [1.54, 1.807) is 0 Å². The number of amides is 2.